The van der Waals surface area contributed by atoms with Crippen LogP contribution in [-0.4, -0.2) is 233 Å². The molecule has 17 N–H and O–H groups in total. The van der Waals surface area contributed by atoms with E-state index in [1.165, 1.54) is 0 Å². The second-order valence-corrected chi connectivity index (χ2v) is 45.4. The monoisotopic (exact) mass is 1770 g/mol. The summed E-state index contributed by atoms with van der Waals surface area (Å²) in [4.78, 5) is 140. The van der Waals surface area contributed by atoms with Gasteiger partial charge in [0, 0.05) is 116 Å². The number of hydrogen-bond donors (Lipinski definition) is 17. The Kier molecular flexibility index (Phi) is 57.1. The quantitative estimate of drug-likeness (QED) is 0.0277. The molecule has 1 aromatic rings. The first kappa shape index (κ1) is 126. The average Bonchev–Trinajstić information content (AvgIpc) is 0.899. The van der Waals surface area contributed by atoms with Crippen LogP contribution in [0.5, 0.6) is 0 Å². The Bertz CT molecular complexity index is 3070. The van der Waals surface area contributed by atoms with Gasteiger partial charge in [-0.2, -0.15) is 0 Å². The average molecular weight is 1770 g/mol. The van der Waals surface area contributed by atoms with Gasteiger partial charge in [-0.25, -0.2) is 14.4 Å². The Morgan fingerprint density at radius 1 is 0.282 bits per heavy atom. The lowest BCUT2D eigenvalue weighted by atomic mass is 9.86. The van der Waals surface area contributed by atoms with Crippen LogP contribution in [0.4, 0.5) is 20.1 Å². The highest BCUT2D eigenvalue weighted by Crippen LogP contribution is 2.26. The summed E-state index contributed by atoms with van der Waals surface area (Å²) in [6.45, 7) is 71.2. The number of Topliss-reactive ketones (excluding diaryl/α,β-unsaturated/α-hetero) is 6. The van der Waals surface area contributed by atoms with Crippen molar-refractivity contribution in [1.82, 2.24) is 42.5 Å². The van der Waals surface area contributed by atoms with Gasteiger partial charge in [0.15, 0.2) is 35.7 Å². The molecule has 0 saturated carbocycles. The molecule has 0 aliphatic heterocycles. The SMILES string of the molecule is CC(C)(C)CC(=O)CCCCCNC(=O)NC(C)(C)C.CC(C)(C)CC(=O)CCCOCCOCCNC(=O)NC(C)(C)C.CC(C)(C)CC(=O)Cc1ccc(NC(=O)NC(C)(C)C)cc1.CC(C)(C)CC(=O)[C@@H](O)[C@H](O)C(=O)NC(C)(C)C.CC(C)(C)CC(=O)[C@@H](O)[C@H](O)[C@H](O)[C@@H](O)C(=O)NC(C)(C)C.CC(C)(C)CC(=O)[C@H](O)[C@@H](O)C(=O)NC(C)(C)C. The van der Waals surface area contributed by atoms with E-state index in [0.717, 1.165) is 31.2 Å². The zero-order chi connectivity index (χ0) is 98.7. The number of carbonyl (C=O) groups is 12. The number of nitrogens with one attached hydrogen (secondary N) is 9. The number of ketones is 6. The number of anilines is 1. The fourth-order valence-corrected chi connectivity index (χ4v) is 10.5. The summed E-state index contributed by atoms with van der Waals surface area (Å²) in [6, 6.07) is 6.86. The van der Waals surface area contributed by atoms with Crippen molar-refractivity contribution in [2.45, 2.75) is 415 Å². The molecule has 31 heteroatoms. The zero-order valence-electron chi connectivity index (χ0n) is 83.2. The van der Waals surface area contributed by atoms with Crippen LogP contribution in [0.25, 0.3) is 0 Å². The predicted molar refractivity (Wildman–Crippen MR) is 490 cm³/mol. The summed E-state index contributed by atoms with van der Waals surface area (Å²) in [5.41, 5.74) is -1.54. The van der Waals surface area contributed by atoms with E-state index in [-0.39, 0.29) is 86.8 Å². The predicted octanol–water partition coefficient (Wildman–Crippen LogP) is 11.3. The zero-order valence-corrected chi connectivity index (χ0v) is 83.2. The minimum absolute atomic E-state index is 0.0117. The van der Waals surface area contributed by atoms with Crippen LogP contribution in [0, 0.1) is 32.5 Å². The van der Waals surface area contributed by atoms with Crippen LogP contribution < -0.4 is 47.9 Å². The lowest BCUT2D eigenvalue weighted by Crippen LogP contribution is -2.55. The normalized spacial score (nSPS) is 14.3. The van der Waals surface area contributed by atoms with E-state index >= 15 is 0 Å². The molecule has 1 rings (SSSR count). The molecule has 1 aromatic carbocycles. The summed E-state index contributed by atoms with van der Waals surface area (Å²) in [6.07, 6.45) is -7.27. The van der Waals surface area contributed by atoms with Crippen molar-refractivity contribution in [2.75, 3.05) is 44.8 Å². The number of aliphatic hydroxyl groups is 8. The van der Waals surface area contributed by atoms with Crippen molar-refractivity contribution >= 4 is 76.2 Å². The number of rotatable bonds is 36. The van der Waals surface area contributed by atoms with Gasteiger partial charge in [0.1, 0.15) is 47.9 Å². The van der Waals surface area contributed by atoms with Crippen LogP contribution in [0.2, 0.25) is 0 Å². The number of hydrogen-bond acceptors (Lipinski definition) is 22. The standard InChI is InChI=1S/C18H36N2O4.C18H28N2O2.C16H32N2O2.C15H29NO6.2C13H25NO4/c1-17(2,3)14-15(21)8-7-10-23-12-13-24-11-9-19-16(22)20-18(4,5)6;1-17(2,3)12-15(21)11-13-7-9-14(10-8-13)19-16(22)20-18(4,5)6;1-15(2,3)12-13(19)10-8-7-9-11-17-14(20)18-16(4,5)6;1-14(2,3)7-8(17)9(18)10(19)11(20)12(21)13(22)16-15(4,5)6;2*1-12(2,3)7-8(15)9(16)10(17)11(18)14-13(4,5)6/h7-14H2,1-6H3,(H2,19,20,22);7-10H,11-12H2,1-6H3,(H2,19,20,22);7-12H2,1-6H3,(H2,17,18,20);9-12,18-21H,7H2,1-6H3,(H,16,22);2*9-10,16-17H,7H2,1-6H3,(H,14,18)/t;;;9-,10+,11+,12-;2*9-,10+/m...110/s1. The maximum Gasteiger partial charge on any atom is 0.319 e. The van der Waals surface area contributed by atoms with Crippen molar-refractivity contribution in [3.8, 4) is 0 Å². The van der Waals surface area contributed by atoms with E-state index < -0.39 is 106 Å². The molecule has 124 heavy (non-hydrogen) atoms. The molecule has 0 aliphatic rings. The molecule has 0 unspecified atom stereocenters. The van der Waals surface area contributed by atoms with Gasteiger partial charge in [-0.3, -0.25) is 43.2 Å². The van der Waals surface area contributed by atoms with E-state index in [2.05, 4.69) is 110 Å². The van der Waals surface area contributed by atoms with Crippen LogP contribution in [0.3, 0.4) is 0 Å². The number of benzene rings is 1. The second-order valence-electron chi connectivity index (χ2n) is 45.4. The molecule has 9 amide bonds. The number of aliphatic hydroxyl groups excluding tert-OH is 8. The summed E-state index contributed by atoms with van der Waals surface area (Å²) >= 11 is 0. The highest BCUT2D eigenvalue weighted by atomic mass is 16.5. The molecule has 0 bridgehead atoms. The van der Waals surface area contributed by atoms with Crippen molar-refractivity contribution in [3.63, 3.8) is 0 Å². The molecule has 0 heterocycles. The number of carbonyl (C=O) groups excluding carboxylic acids is 12. The Labute approximate surface area is 745 Å². The van der Waals surface area contributed by atoms with E-state index in [0.29, 0.717) is 95.3 Å². The minimum atomic E-state index is -1.97. The first-order valence-electron chi connectivity index (χ1n) is 43.3. The Hall–Kier alpha value is -6.94. The fourth-order valence-electron chi connectivity index (χ4n) is 10.5. The van der Waals surface area contributed by atoms with Gasteiger partial charge in [0.2, 0.25) is 0 Å². The molecule has 0 saturated heterocycles. The van der Waals surface area contributed by atoms with Crippen molar-refractivity contribution in [2.24, 2.45) is 32.5 Å². The lowest BCUT2D eigenvalue weighted by molar-refractivity contribution is -0.156. The third kappa shape index (κ3) is 79.7. The molecule has 0 aliphatic carbocycles. The Balaban J connectivity index is -0.000000458. The number of unbranched alkanes of at least 4 members (excludes halogenated alkanes) is 2. The maximum absolute atomic E-state index is 12.0. The molecule has 8 atom stereocenters. The smallest absolute Gasteiger partial charge is 0.319 e. The summed E-state index contributed by atoms with van der Waals surface area (Å²) < 4.78 is 10.8. The Morgan fingerprint density at radius 3 is 0.895 bits per heavy atom. The van der Waals surface area contributed by atoms with Gasteiger partial charge in [0.05, 0.1) is 19.8 Å². The Morgan fingerprint density at radius 2 is 0.565 bits per heavy atom. The third-order valence-corrected chi connectivity index (χ3v) is 15.3. The number of amides is 9. The largest absolute Gasteiger partial charge is 0.387 e. The maximum atomic E-state index is 12.0. The third-order valence-electron chi connectivity index (χ3n) is 15.3. The lowest BCUT2D eigenvalue weighted by Gasteiger charge is -2.29. The summed E-state index contributed by atoms with van der Waals surface area (Å²) in [5, 5.41) is 102. The highest BCUT2D eigenvalue weighted by Gasteiger charge is 2.40. The van der Waals surface area contributed by atoms with E-state index in [1.807, 2.05) is 128 Å². The van der Waals surface area contributed by atoms with Gasteiger partial charge in [0.25, 0.3) is 17.7 Å². The topological polar surface area (TPSA) is 493 Å². The highest BCUT2D eigenvalue weighted by molar-refractivity contribution is 5.93. The molecular weight excluding hydrogens is 1600 g/mol. The van der Waals surface area contributed by atoms with Crippen LogP contribution >= 0.6 is 0 Å². The van der Waals surface area contributed by atoms with E-state index in [1.54, 1.807) is 83.1 Å². The fraction of sp³-hybridized carbons (Fsp3) is 0.806. The van der Waals surface area contributed by atoms with Gasteiger partial charge >= 0.3 is 18.1 Å². The first-order chi connectivity index (χ1) is 55.3. The number of urea groups is 3. The molecule has 0 fully saturated rings. The summed E-state index contributed by atoms with van der Waals surface area (Å²) in [5.74, 6) is -3.22. The van der Waals surface area contributed by atoms with E-state index in [9.17, 15) is 98.4 Å². The van der Waals surface area contributed by atoms with Gasteiger partial charge in [-0.15, -0.1) is 0 Å². The van der Waals surface area contributed by atoms with Gasteiger partial charge in [-0.1, -0.05) is 143 Å². The molecule has 0 spiro atoms. The number of ether oxygens (including phenoxy) is 2. The second kappa shape index (κ2) is 56.4. The van der Waals surface area contributed by atoms with Crippen molar-refractivity contribution < 1.29 is 108 Å². The van der Waals surface area contributed by atoms with Crippen LogP contribution in [0.15, 0.2) is 24.3 Å². The van der Waals surface area contributed by atoms with Crippen molar-refractivity contribution in [3.05, 3.63) is 29.8 Å². The molecule has 0 radical (unpaired) electrons. The first-order valence-corrected chi connectivity index (χ1v) is 43.3. The minimum Gasteiger partial charge on any atom is -0.387 e. The summed E-state index contributed by atoms with van der Waals surface area (Å²) in [7, 11) is 0. The molecule has 31 nitrogen and oxygen atoms in total. The van der Waals surface area contributed by atoms with Gasteiger partial charge < -0.3 is 98.2 Å². The van der Waals surface area contributed by atoms with Crippen molar-refractivity contribution in [1.29, 1.82) is 0 Å². The van der Waals surface area contributed by atoms with Gasteiger partial charge in [-0.05, 0) is 194 Å². The van der Waals surface area contributed by atoms with E-state index in [4.69, 9.17) is 9.47 Å². The molecule has 0 aromatic heterocycles. The molecule has 724 valence electrons. The molecular formula is C93H175N9O22. The van der Waals surface area contributed by atoms with Crippen LogP contribution in [0.1, 0.15) is 332 Å². The van der Waals surface area contributed by atoms with Crippen LogP contribution in [-0.2, 0) is 59.0 Å².